The number of halogens is 2. The second-order valence-electron chi connectivity index (χ2n) is 2.56. The van der Waals surface area contributed by atoms with Gasteiger partial charge in [-0.3, -0.25) is 4.98 Å². The van der Waals surface area contributed by atoms with Crippen molar-refractivity contribution in [2.75, 3.05) is 5.33 Å². The van der Waals surface area contributed by atoms with Gasteiger partial charge < -0.3 is 10.2 Å². The van der Waals surface area contributed by atoms with E-state index >= 15 is 0 Å². The fourth-order valence-corrected chi connectivity index (χ4v) is 1.50. The topological polar surface area (TPSA) is 53.4 Å². The van der Waals surface area contributed by atoms with Crippen molar-refractivity contribution >= 4 is 27.5 Å². The van der Waals surface area contributed by atoms with Crippen LogP contribution < -0.4 is 0 Å². The first-order valence-corrected chi connectivity index (χ1v) is 5.18. The molecule has 3 nitrogen and oxygen atoms in total. The van der Waals surface area contributed by atoms with Crippen LogP contribution in [0.5, 0.6) is 0 Å². The molecule has 2 atom stereocenters. The minimum Gasteiger partial charge on any atom is -0.389 e. The lowest BCUT2D eigenvalue weighted by Crippen LogP contribution is -2.19. The van der Waals surface area contributed by atoms with Crippen LogP contribution in [0, 0.1) is 0 Å². The van der Waals surface area contributed by atoms with Crippen LogP contribution in [0.3, 0.4) is 0 Å². The fraction of sp³-hybridized carbons (Fsp3) is 0.375. The largest absolute Gasteiger partial charge is 0.389 e. The number of aliphatic hydroxyl groups excluding tert-OH is 2. The summed E-state index contributed by atoms with van der Waals surface area (Å²) in [5, 5.41) is 19.6. The average Bonchev–Trinajstić information content (AvgIpc) is 2.16. The van der Waals surface area contributed by atoms with Crippen molar-refractivity contribution in [3.63, 3.8) is 0 Å². The number of rotatable bonds is 3. The summed E-state index contributed by atoms with van der Waals surface area (Å²) in [6.45, 7) is 0. The van der Waals surface area contributed by atoms with E-state index in [1.54, 1.807) is 6.07 Å². The molecule has 0 radical (unpaired) electrons. The van der Waals surface area contributed by atoms with Crippen LogP contribution in [0.4, 0.5) is 0 Å². The molecule has 0 amide bonds. The van der Waals surface area contributed by atoms with Gasteiger partial charge in [-0.1, -0.05) is 27.5 Å². The van der Waals surface area contributed by atoms with Gasteiger partial charge in [-0.15, -0.1) is 0 Å². The van der Waals surface area contributed by atoms with E-state index < -0.39 is 12.2 Å². The van der Waals surface area contributed by atoms with Crippen LogP contribution in [0.2, 0.25) is 5.02 Å². The molecule has 2 unspecified atom stereocenters. The number of pyridine rings is 1. The van der Waals surface area contributed by atoms with E-state index in [-0.39, 0.29) is 0 Å². The van der Waals surface area contributed by atoms with E-state index in [9.17, 15) is 10.2 Å². The third kappa shape index (κ3) is 2.64. The maximum atomic E-state index is 9.58. The van der Waals surface area contributed by atoms with Gasteiger partial charge in [0.05, 0.1) is 11.1 Å². The van der Waals surface area contributed by atoms with Crippen molar-refractivity contribution in [2.24, 2.45) is 0 Å². The molecule has 1 heterocycles. The Kier molecular flexibility index (Phi) is 4.12. The Balaban J connectivity index is 2.88. The summed E-state index contributed by atoms with van der Waals surface area (Å²) in [7, 11) is 0. The van der Waals surface area contributed by atoms with Crippen LogP contribution >= 0.6 is 27.5 Å². The zero-order valence-electron chi connectivity index (χ0n) is 6.69. The van der Waals surface area contributed by atoms with Crippen LogP contribution in [-0.2, 0) is 0 Å². The minimum atomic E-state index is -0.977. The summed E-state index contributed by atoms with van der Waals surface area (Å²) < 4.78 is 0. The molecule has 0 saturated carbocycles. The van der Waals surface area contributed by atoms with E-state index in [4.69, 9.17) is 11.6 Å². The maximum absolute atomic E-state index is 9.58. The molecule has 0 bridgehead atoms. The van der Waals surface area contributed by atoms with Gasteiger partial charge >= 0.3 is 0 Å². The molecule has 2 N–H and O–H groups in total. The van der Waals surface area contributed by atoms with Crippen molar-refractivity contribution in [3.05, 3.63) is 29.0 Å². The predicted molar refractivity (Wildman–Crippen MR) is 54.0 cm³/mol. The highest BCUT2D eigenvalue weighted by Gasteiger charge is 2.19. The van der Waals surface area contributed by atoms with Gasteiger partial charge in [-0.2, -0.15) is 0 Å². The highest BCUT2D eigenvalue weighted by molar-refractivity contribution is 9.09. The third-order valence-electron chi connectivity index (χ3n) is 1.65. The van der Waals surface area contributed by atoms with Gasteiger partial charge in [0.25, 0.3) is 0 Å². The normalized spacial score (nSPS) is 15.4. The first-order valence-electron chi connectivity index (χ1n) is 3.68. The number of hydrogen-bond donors (Lipinski definition) is 2. The lowest BCUT2D eigenvalue weighted by molar-refractivity contribution is 0.0343. The van der Waals surface area contributed by atoms with Crippen LogP contribution in [0.1, 0.15) is 11.7 Å². The Morgan fingerprint density at radius 3 is 2.77 bits per heavy atom. The Morgan fingerprint density at radius 2 is 2.23 bits per heavy atom. The maximum Gasteiger partial charge on any atom is 0.107 e. The molecule has 72 valence electrons. The second-order valence-corrected chi connectivity index (χ2v) is 3.62. The number of nitrogens with zero attached hydrogens (tertiary/aromatic N) is 1. The van der Waals surface area contributed by atoms with E-state index in [2.05, 4.69) is 20.9 Å². The molecule has 0 aliphatic carbocycles. The molecule has 1 rings (SSSR count). The summed E-state index contributed by atoms with van der Waals surface area (Å²) >= 11 is 8.84. The molecule has 0 aliphatic heterocycles. The third-order valence-corrected chi connectivity index (χ3v) is 2.62. The lowest BCUT2D eigenvalue weighted by atomic mass is 10.1. The van der Waals surface area contributed by atoms with Gasteiger partial charge in [0, 0.05) is 23.3 Å². The Morgan fingerprint density at radius 1 is 1.54 bits per heavy atom. The van der Waals surface area contributed by atoms with Gasteiger partial charge in [0.15, 0.2) is 0 Å². The first kappa shape index (κ1) is 10.9. The van der Waals surface area contributed by atoms with Crippen molar-refractivity contribution in [2.45, 2.75) is 12.2 Å². The Bertz CT molecular complexity index is 285. The smallest absolute Gasteiger partial charge is 0.107 e. The lowest BCUT2D eigenvalue weighted by Gasteiger charge is -2.16. The molecule has 0 fully saturated rings. The van der Waals surface area contributed by atoms with Gasteiger partial charge in [-0.05, 0) is 6.07 Å². The molecule has 5 heteroatoms. The summed E-state index contributed by atoms with van der Waals surface area (Å²) in [5.74, 6) is 0. The number of hydrogen-bond acceptors (Lipinski definition) is 3. The SMILES string of the molecule is OC(CBr)C(O)c1ccncc1Cl. The Hall–Kier alpha value is -0.160. The van der Waals surface area contributed by atoms with Crippen LogP contribution in [-0.4, -0.2) is 26.6 Å². The molecule has 1 aromatic heterocycles. The quantitative estimate of drug-likeness (QED) is 0.816. The molecule has 13 heavy (non-hydrogen) atoms. The standard InChI is InChI=1S/C8H9BrClNO2/c9-3-7(12)8(13)5-1-2-11-4-6(5)10/h1-2,4,7-8,12-13H,3H2. The van der Waals surface area contributed by atoms with Crippen molar-refractivity contribution in [1.29, 1.82) is 0 Å². The summed E-state index contributed by atoms with van der Waals surface area (Å²) in [6, 6.07) is 1.58. The average molecular weight is 267 g/mol. The van der Waals surface area contributed by atoms with Gasteiger partial charge in [0.2, 0.25) is 0 Å². The summed E-state index contributed by atoms with van der Waals surface area (Å²) in [6.07, 6.45) is 1.11. The van der Waals surface area contributed by atoms with Crippen molar-refractivity contribution in [3.8, 4) is 0 Å². The van der Waals surface area contributed by atoms with E-state index in [1.165, 1.54) is 12.4 Å². The molecule has 0 saturated heterocycles. The van der Waals surface area contributed by atoms with E-state index in [0.717, 1.165) is 0 Å². The minimum absolute atomic E-state index is 0.298. The summed E-state index contributed by atoms with van der Waals surface area (Å²) in [5.41, 5.74) is 0.489. The molecule has 1 aromatic rings. The summed E-state index contributed by atoms with van der Waals surface area (Å²) in [4.78, 5) is 3.78. The zero-order chi connectivity index (χ0) is 9.84. The van der Waals surface area contributed by atoms with E-state index in [1.807, 2.05) is 0 Å². The fourth-order valence-electron chi connectivity index (χ4n) is 0.917. The van der Waals surface area contributed by atoms with Crippen LogP contribution in [0.25, 0.3) is 0 Å². The number of alkyl halides is 1. The number of aromatic nitrogens is 1. The van der Waals surface area contributed by atoms with Crippen LogP contribution in [0.15, 0.2) is 18.5 Å². The van der Waals surface area contributed by atoms with Gasteiger partial charge in [-0.25, -0.2) is 0 Å². The first-order chi connectivity index (χ1) is 6.16. The second kappa shape index (κ2) is 4.91. The molecule has 0 aliphatic rings. The molecule has 0 aromatic carbocycles. The predicted octanol–water partition coefficient (Wildman–Crippen LogP) is 1.52. The number of aliphatic hydroxyl groups is 2. The van der Waals surface area contributed by atoms with Crippen molar-refractivity contribution < 1.29 is 10.2 Å². The highest BCUT2D eigenvalue weighted by Crippen LogP contribution is 2.24. The molecular formula is C8H9BrClNO2. The van der Waals surface area contributed by atoms with Gasteiger partial charge in [0.1, 0.15) is 6.10 Å². The monoisotopic (exact) mass is 265 g/mol. The zero-order valence-corrected chi connectivity index (χ0v) is 9.03. The van der Waals surface area contributed by atoms with Crippen molar-refractivity contribution in [1.82, 2.24) is 4.98 Å². The Labute approximate surface area is 89.5 Å². The van der Waals surface area contributed by atoms with E-state index in [0.29, 0.717) is 15.9 Å². The molecular weight excluding hydrogens is 257 g/mol. The highest BCUT2D eigenvalue weighted by atomic mass is 79.9. The molecule has 0 spiro atoms.